The van der Waals surface area contributed by atoms with E-state index in [1.165, 1.54) is 24.3 Å². The van der Waals surface area contributed by atoms with Crippen LogP contribution < -0.4 is 10.6 Å². The molecule has 4 amide bonds. The first-order valence-corrected chi connectivity index (χ1v) is 7.87. The van der Waals surface area contributed by atoms with E-state index in [1.54, 1.807) is 24.3 Å². The molecule has 0 aliphatic carbocycles. The van der Waals surface area contributed by atoms with Gasteiger partial charge in [0.2, 0.25) is 11.8 Å². The van der Waals surface area contributed by atoms with Gasteiger partial charge in [-0.25, -0.2) is 9.18 Å². The number of halogens is 1. The standard InChI is InChI=1S/C19H16FN3O3/c1-12(21-15-9-7-14(20)8-10-15)16-17(24)22-19(26)23(18(16)25)11-13-5-3-2-4-6-13/h2-10,16,21H,1,11H2,(H,22,24,26)/t16-/m0/s1. The average Bonchev–Trinajstić information content (AvgIpc) is 2.61. The number of urea groups is 1. The number of nitrogens with zero attached hydrogens (tertiary/aromatic N) is 1. The third-order valence-corrected chi connectivity index (χ3v) is 3.93. The highest BCUT2D eigenvalue weighted by Crippen LogP contribution is 2.22. The molecule has 2 aromatic carbocycles. The lowest BCUT2D eigenvalue weighted by Crippen LogP contribution is -2.58. The second kappa shape index (κ2) is 7.18. The number of anilines is 1. The summed E-state index contributed by atoms with van der Waals surface area (Å²) >= 11 is 0. The number of carbonyl (C=O) groups excluding carboxylic acids is 3. The molecular weight excluding hydrogens is 337 g/mol. The summed E-state index contributed by atoms with van der Waals surface area (Å²) in [5.41, 5.74) is 1.33. The number of carbonyl (C=O) groups is 3. The minimum absolute atomic E-state index is 0.0408. The summed E-state index contributed by atoms with van der Waals surface area (Å²) in [6.45, 7) is 3.78. The van der Waals surface area contributed by atoms with Gasteiger partial charge in [0.1, 0.15) is 5.82 Å². The Morgan fingerprint density at radius 3 is 2.38 bits per heavy atom. The molecule has 26 heavy (non-hydrogen) atoms. The molecule has 1 fully saturated rings. The van der Waals surface area contributed by atoms with Crippen molar-refractivity contribution < 1.29 is 18.8 Å². The van der Waals surface area contributed by atoms with Crippen molar-refractivity contribution in [3.8, 4) is 0 Å². The predicted molar refractivity (Wildman–Crippen MR) is 93.2 cm³/mol. The van der Waals surface area contributed by atoms with Crippen molar-refractivity contribution in [1.82, 2.24) is 10.2 Å². The predicted octanol–water partition coefficient (Wildman–Crippen LogP) is 2.65. The van der Waals surface area contributed by atoms with Gasteiger partial charge in [0.25, 0.3) is 0 Å². The Labute approximate surface area is 149 Å². The third kappa shape index (κ3) is 3.61. The van der Waals surface area contributed by atoms with Gasteiger partial charge in [-0.2, -0.15) is 0 Å². The second-order valence-electron chi connectivity index (χ2n) is 5.79. The lowest BCUT2D eigenvalue weighted by molar-refractivity contribution is -0.141. The van der Waals surface area contributed by atoms with Crippen LogP contribution in [0.2, 0.25) is 0 Å². The largest absolute Gasteiger partial charge is 0.358 e. The van der Waals surface area contributed by atoms with E-state index in [-0.39, 0.29) is 12.2 Å². The van der Waals surface area contributed by atoms with Crippen molar-refractivity contribution in [2.24, 2.45) is 5.92 Å². The number of rotatable bonds is 5. The van der Waals surface area contributed by atoms with Gasteiger partial charge in [0.05, 0.1) is 6.54 Å². The maximum atomic E-state index is 13.0. The fraction of sp³-hybridized carbons (Fsp3) is 0.105. The minimum Gasteiger partial charge on any atom is -0.358 e. The molecule has 1 saturated heterocycles. The fourth-order valence-corrected chi connectivity index (χ4v) is 2.63. The van der Waals surface area contributed by atoms with Crippen molar-refractivity contribution in [3.05, 3.63) is 78.3 Å². The van der Waals surface area contributed by atoms with Crippen LogP contribution in [0.4, 0.5) is 14.9 Å². The van der Waals surface area contributed by atoms with Gasteiger partial charge < -0.3 is 5.32 Å². The maximum absolute atomic E-state index is 13.0. The summed E-state index contributed by atoms with van der Waals surface area (Å²) in [6, 6.07) is 13.6. The van der Waals surface area contributed by atoms with Crippen molar-refractivity contribution in [2.75, 3.05) is 5.32 Å². The molecule has 0 radical (unpaired) electrons. The number of barbiturate groups is 1. The molecule has 1 heterocycles. The summed E-state index contributed by atoms with van der Waals surface area (Å²) in [6.07, 6.45) is 0. The van der Waals surface area contributed by atoms with Gasteiger partial charge in [-0.3, -0.25) is 19.8 Å². The molecule has 132 valence electrons. The van der Waals surface area contributed by atoms with Gasteiger partial charge in [-0.05, 0) is 29.8 Å². The summed E-state index contributed by atoms with van der Waals surface area (Å²) < 4.78 is 13.0. The SMILES string of the molecule is C=C(Nc1ccc(F)cc1)[C@H]1C(=O)NC(=O)N(Cc2ccccc2)C1=O. The van der Waals surface area contributed by atoms with Gasteiger partial charge in [0, 0.05) is 11.4 Å². The number of nitrogens with one attached hydrogen (secondary N) is 2. The summed E-state index contributed by atoms with van der Waals surface area (Å²) in [5.74, 6) is -3.08. The molecule has 2 aromatic rings. The normalized spacial score (nSPS) is 17.0. The molecule has 0 saturated carbocycles. The van der Waals surface area contributed by atoms with Crippen LogP contribution in [0.3, 0.4) is 0 Å². The number of amides is 4. The highest BCUT2D eigenvalue weighted by atomic mass is 19.1. The van der Waals surface area contributed by atoms with Crippen LogP contribution in [0.15, 0.2) is 66.9 Å². The number of hydrogen-bond donors (Lipinski definition) is 2. The number of imide groups is 2. The minimum atomic E-state index is -1.26. The van der Waals surface area contributed by atoms with Crippen molar-refractivity contribution >= 4 is 23.5 Å². The molecule has 0 aromatic heterocycles. The molecule has 3 rings (SSSR count). The topological polar surface area (TPSA) is 78.5 Å². The van der Waals surface area contributed by atoms with Crippen LogP contribution in [-0.4, -0.2) is 22.7 Å². The van der Waals surface area contributed by atoms with E-state index in [0.29, 0.717) is 5.69 Å². The summed E-state index contributed by atoms with van der Waals surface area (Å²) in [4.78, 5) is 37.9. The van der Waals surface area contributed by atoms with Gasteiger partial charge >= 0.3 is 6.03 Å². The second-order valence-corrected chi connectivity index (χ2v) is 5.79. The zero-order valence-corrected chi connectivity index (χ0v) is 13.7. The van der Waals surface area contributed by atoms with E-state index >= 15 is 0 Å². The van der Waals surface area contributed by atoms with E-state index in [2.05, 4.69) is 17.2 Å². The molecule has 0 unspecified atom stereocenters. The highest BCUT2D eigenvalue weighted by molar-refractivity contribution is 6.17. The van der Waals surface area contributed by atoms with Gasteiger partial charge in [-0.15, -0.1) is 0 Å². The van der Waals surface area contributed by atoms with Crippen molar-refractivity contribution in [2.45, 2.75) is 6.54 Å². The third-order valence-electron chi connectivity index (χ3n) is 3.93. The monoisotopic (exact) mass is 353 g/mol. The molecule has 1 atom stereocenters. The van der Waals surface area contributed by atoms with Crippen LogP contribution in [0, 0.1) is 11.7 Å². The van der Waals surface area contributed by atoms with Gasteiger partial charge in [-0.1, -0.05) is 36.9 Å². The van der Waals surface area contributed by atoms with E-state index in [4.69, 9.17) is 0 Å². The van der Waals surface area contributed by atoms with E-state index in [1.807, 2.05) is 6.07 Å². The lowest BCUT2D eigenvalue weighted by atomic mass is 10.0. The lowest BCUT2D eigenvalue weighted by Gasteiger charge is -2.31. The summed E-state index contributed by atoms with van der Waals surface area (Å²) in [5, 5.41) is 4.99. The number of benzene rings is 2. The Kier molecular flexibility index (Phi) is 4.79. The highest BCUT2D eigenvalue weighted by Gasteiger charge is 2.42. The van der Waals surface area contributed by atoms with Crippen LogP contribution in [-0.2, 0) is 16.1 Å². The Hall–Kier alpha value is -3.48. The van der Waals surface area contributed by atoms with Gasteiger partial charge in [0.15, 0.2) is 5.92 Å². The Morgan fingerprint density at radius 1 is 1.08 bits per heavy atom. The van der Waals surface area contributed by atoms with E-state index < -0.39 is 29.6 Å². The van der Waals surface area contributed by atoms with Crippen molar-refractivity contribution in [1.29, 1.82) is 0 Å². The first-order valence-electron chi connectivity index (χ1n) is 7.87. The van der Waals surface area contributed by atoms with Crippen LogP contribution in [0.1, 0.15) is 5.56 Å². The average molecular weight is 353 g/mol. The quantitative estimate of drug-likeness (QED) is 0.810. The fourth-order valence-electron chi connectivity index (χ4n) is 2.63. The maximum Gasteiger partial charge on any atom is 0.331 e. The summed E-state index contributed by atoms with van der Waals surface area (Å²) in [7, 11) is 0. The molecule has 6 nitrogen and oxygen atoms in total. The van der Waals surface area contributed by atoms with Crippen LogP contribution in [0.25, 0.3) is 0 Å². The Bertz CT molecular complexity index is 865. The van der Waals surface area contributed by atoms with E-state index in [9.17, 15) is 18.8 Å². The Morgan fingerprint density at radius 2 is 1.73 bits per heavy atom. The number of hydrogen-bond acceptors (Lipinski definition) is 4. The smallest absolute Gasteiger partial charge is 0.331 e. The van der Waals surface area contributed by atoms with Crippen LogP contribution in [0.5, 0.6) is 0 Å². The zero-order chi connectivity index (χ0) is 18.7. The molecule has 0 bridgehead atoms. The molecule has 7 heteroatoms. The molecule has 0 spiro atoms. The Balaban J connectivity index is 1.78. The van der Waals surface area contributed by atoms with E-state index in [0.717, 1.165) is 10.5 Å². The first kappa shape index (κ1) is 17.3. The molecule has 2 N–H and O–H groups in total. The first-order chi connectivity index (χ1) is 12.5. The molecule has 1 aliphatic heterocycles. The van der Waals surface area contributed by atoms with Crippen LogP contribution >= 0.6 is 0 Å². The zero-order valence-electron chi connectivity index (χ0n) is 13.7. The molecule has 1 aliphatic rings. The van der Waals surface area contributed by atoms with Crippen molar-refractivity contribution in [3.63, 3.8) is 0 Å². The molecular formula is C19H16FN3O3.